The van der Waals surface area contributed by atoms with E-state index in [1.807, 2.05) is 0 Å². The fourth-order valence-electron chi connectivity index (χ4n) is 2.06. The van der Waals surface area contributed by atoms with Crippen LogP contribution >= 0.6 is 10.2 Å². The van der Waals surface area contributed by atoms with Crippen LogP contribution in [-0.2, 0) is 15.7 Å². The van der Waals surface area contributed by atoms with Crippen molar-refractivity contribution in [1.29, 1.82) is 0 Å². The maximum atomic E-state index is 12.6. The first kappa shape index (κ1) is 22.3. The number of esters is 1. The molecule has 3 N–H and O–H groups in total. The van der Waals surface area contributed by atoms with Crippen molar-refractivity contribution in [2.24, 2.45) is 5.73 Å². The number of alkyl halides is 3. The molecule has 0 heterocycles. The molecule has 2 rings (SSSR count). The number of carbonyl (C=O) groups excluding carboxylic acids is 2. The van der Waals surface area contributed by atoms with Crippen LogP contribution in [0.25, 0.3) is 0 Å². The zero-order chi connectivity index (χ0) is 20.7. The molecule has 1 amide bonds. The second-order valence-electron chi connectivity index (χ2n) is 5.52. The van der Waals surface area contributed by atoms with Crippen molar-refractivity contribution in [1.82, 2.24) is 0 Å². The van der Waals surface area contributed by atoms with Gasteiger partial charge in [-0.3, -0.25) is 0 Å². The molecule has 28 heavy (non-hydrogen) atoms. The predicted octanol–water partition coefficient (Wildman–Crippen LogP) is 2.44. The van der Waals surface area contributed by atoms with Gasteiger partial charge in [0, 0.05) is 0 Å². The monoisotopic (exact) mass is 478 g/mol. The molecule has 0 aliphatic rings. The quantitative estimate of drug-likeness (QED) is 0.473. The molecule has 0 bridgehead atoms. The number of anilines is 1. The van der Waals surface area contributed by atoms with Crippen LogP contribution in [0.5, 0.6) is 0 Å². The number of hydrogen-bond donors (Lipinski definition) is 2. The van der Waals surface area contributed by atoms with Gasteiger partial charge in [-0.05, 0) is 0 Å². The SMILES string of the molecule is COC(=O)[C@@H](N)CS[Se]c1ccccc1C(=O)Nc1ccc(C(F)(F)F)cc1. The van der Waals surface area contributed by atoms with Crippen LogP contribution in [0, 0.1) is 0 Å². The average Bonchev–Trinajstić information content (AvgIpc) is 2.67. The minimum atomic E-state index is -4.43. The van der Waals surface area contributed by atoms with Gasteiger partial charge in [0.05, 0.1) is 0 Å². The third-order valence-corrected chi connectivity index (χ3v) is 7.77. The van der Waals surface area contributed by atoms with Gasteiger partial charge in [0.25, 0.3) is 0 Å². The molecule has 5 nitrogen and oxygen atoms in total. The molecular weight excluding hydrogens is 460 g/mol. The first-order valence-electron chi connectivity index (χ1n) is 7.93. The van der Waals surface area contributed by atoms with Crippen LogP contribution < -0.4 is 15.5 Å². The van der Waals surface area contributed by atoms with Gasteiger partial charge in [-0.1, -0.05) is 0 Å². The summed E-state index contributed by atoms with van der Waals surface area (Å²) in [7, 11) is 2.70. The molecule has 2 aromatic carbocycles. The van der Waals surface area contributed by atoms with Gasteiger partial charge < -0.3 is 0 Å². The molecule has 0 spiro atoms. The number of nitrogens with one attached hydrogen (secondary N) is 1. The standard InChI is InChI=1S/C18H17F3N2O3SSe/c1-26-17(25)14(22)10-27-28-15-5-3-2-4-13(15)16(24)23-12-8-6-11(7-9-12)18(19,20)21/h2-9,14H,10,22H2,1H3,(H,23,24)/t14-/m0/s1. The molecule has 1 atom stereocenters. The van der Waals surface area contributed by atoms with Crippen molar-refractivity contribution < 1.29 is 27.5 Å². The summed E-state index contributed by atoms with van der Waals surface area (Å²) in [6.45, 7) is 0. The molecule has 0 unspecified atom stereocenters. The van der Waals surface area contributed by atoms with Crippen molar-refractivity contribution in [3.8, 4) is 0 Å². The van der Waals surface area contributed by atoms with E-state index in [0.717, 1.165) is 16.6 Å². The third-order valence-electron chi connectivity index (χ3n) is 3.50. The fraction of sp³-hybridized carbons (Fsp3) is 0.222. The molecule has 0 radical (unpaired) electrons. The van der Waals surface area contributed by atoms with Crippen LogP contribution in [0.2, 0.25) is 0 Å². The molecule has 0 aliphatic carbocycles. The van der Waals surface area contributed by atoms with Gasteiger partial charge >= 0.3 is 169 Å². The van der Waals surface area contributed by atoms with Crippen LogP contribution in [0.1, 0.15) is 15.9 Å². The fourth-order valence-corrected chi connectivity index (χ4v) is 6.25. The summed E-state index contributed by atoms with van der Waals surface area (Å²) in [4.78, 5) is 23.9. The molecule has 0 saturated heterocycles. The zero-order valence-corrected chi connectivity index (χ0v) is 17.2. The Hall–Kier alpha value is -2.00. The van der Waals surface area contributed by atoms with Crippen molar-refractivity contribution in [2.45, 2.75) is 12.2 Å². The number of halogens is 3. The molecule has 0 aliphatic heterocycles. The summed E-state index contributed by atoms with van der Waals surface area (Å²) in [5.74, 6) is -0.576. The predicted molar refractivity (Wildman–Crippen MR) is 104 cm³/mol. The summed E-state index contributed by atoms with van der Waals surface area (Å²) in [6, 6.07) is 10.4. The number of benzene rings is 2. The van der Waals surface area contributed by atoms with Gasteiger partial charge in [0.1, 0.15) is 0 Å². The number of rotatable bonds is 7. The number of hydrogen-bond acceptors (Lipinski definition) is 5. The maximum absolute atomic E-state index is 12.6. The summed E-state index contributed by atoms with van der Waals surface area (Å²) in [6.07, 6.45) is -4.43. The summed E-state index contributed by atoms with van der Waals surface area (Å²) < 4.78 is 43.2. The van der Waals surface area contributed by atoms with Gasteiger partial charge in [-0.25, -0.2) is 0 Å². The first-order chi connectivity index (χ1) is 13.2. The minimum absolute atomic E-state index is 0.195. The number of nitrogens with two attached hydrogens (primary N) is 1. The van der Waals surface area contributed by atoms with Crippen molar-refractivity contribution in [2.75, 3.05) is 18.2 Å². The van der Waals surface area contributed by atoms with E-state index in [1.54, 1.807) is 24.3 Å². The van der Waals surface area contributed by atoms with E-state index < -0.39 is 29.7 Å². The summed E-state index contributed by atoms with van der Waals surface area (Å²) in [5, 5.41) is 2.60. The Labute approximate surface area is 169 Å². The summed E-state index contributed by atoms with van der Waals surface area (Å²) in [5.41, 5.74) is 5.59. The van der Waals surface area contributed by atoms with Crippen LogP contribution in [0.4, 0.5) is 18.9 Å². The van der Waals surface area contributed by atoms with E-state index >= 15 is 0 Å². The third kappa shape index (κ3) is 6.27. The molecule has 0 saturated carbocycles. The molecule has 0 fully saturated rings. The van der Waals surface area contributed by atoms with E-state index in [9.17, 15) is 22.8 Å². The van der Waals surface area contributed by atoms with Gasteiger partial charge in [-0.15, -0.1) is 0 Å². The Bertz CT molecular complexity index is 832. The normalized spacial score (nSPS) is 12.3. The van der Waals surface area contributed by atoms with Crippen molar-refractivity contribution in [3.05, 3.63) is 59.7 Å². The van der Waals surface area contributed by atoms with Crippen LogP contribution in [0.3, 0.4) is 0 Å². The van der Waals surface area contributed by atoms with Gasteiger partial charge in [-0.2, -0.15) is 0 Å². The number of methoxy groups -OCH3 is 1. The molecular formula is C18H17F3N2O3SSe. The Morgan fingerprint density at radius 3 is 2.43 bits per heavy atom. The second kappa shape index (κ2) is 9.97. The Kier molecular flexibility index (Phi) is 7.94. The second-order valence-corrected chi connectivity index (χ2v) is 9.71. The number of carbonyl (C=O) groups is 2. The van der Waals surface area contributed by atoms with E-state index in [4.69, 9.17) is 5.73 Å². The Morgan fingerprint density at radius 2 is 1.82 bits per heavy atom. The van der Waals surface area contributed by atoms with Crippen molar-refractivity contribution in [3.63, 3.8) is 0 Å². The molecule has 10 heteroatoms. The number of ether oxygens (including phenoxy) is 1. The van der Waals surface area contributed by atoms with Crippen molar-refractivity contribution >= 4 is 46.0 Å². The van der Waals surface area contributed by atoms with Crippen LogP contribution in [-0.4, -0.2) is 44.6 Å². The molecule has 150 valence electrons. The van der Waals surface area contributed by atoms with Gasteiger partial charge in [0.15, 0.2) is 0 Å². The molecule has 2 aromatic rings. The van der Waals surface area contributed by atoms with E-state index in [1.165, 1.54) is 29.4 Å². The van der Waals surface area contributed by atoms with E-state index in [-0.39, 0.29) is 19.5 Å². The first-order valence-corrected chi connectivity index (χ1v) is 11.8. The van der Waals surface area contributed by atoms with Gasteiger partial charge in [0.2, 0.25) is 0 Å². The Morgan fingerprint density at radius 1 is 1.18 bits per heavy atom. The van der Waals surface area contributed by atoms with Crippen LogP contribution in [0.15, 0.2) is 48.5 Å². The summed E-state index contributed by atoms with van der Waals surface area (Å²) >= 11 is -0.195. The Balaban J connectivity index is 2.03. The molecule has 0 aromatic heterocycles. The topological polar surface area (TPSA) is 81.4 Å². The zero-order valence-electron chi connectivity index (χ0n) is 14.7. The average molecular weight is 477 g/mol. The number of amides is 1. The van der Waals surface area contributed by atoms with E-state index in [0.29, 0.717) is 11.3 Å². The van der Waals surface area contributed by atoms with E-state index in [2.05, 4.69) is 10.1 Å².